The molecule has 27 heavy (non-hydrogen) atoms. The van der Waals surface area contributed by atoms with Crippen molar-refractivity contribution in [2.24, 2.45) is 0 Å². The Labute approximate surface area is 159 Å². The second kappa shape index (κ2) is 8.68. The number of benzene rings is 2. The lowest BCUT2D eigenvalue weighted by atomic mass is 10.00. The van der Waals surface area contributed by atoms with Gasteiger partial charge in [0.15, 0.2) is 0 Å². The quantitative estimate of drug-likeness (QED) is 0.759. The Balaban J connectivity index is 1.71. The van der Waals surface area contributed by atoms with E-state index in [0.717, 1.165) is 19.4 Å². The van der Waals surface area contributed by atoms with Crippen molar-refractivity contribution in [2.45, 2.75) is 31.8 Å². The predicted molar refractivity (Wildman–Crippen MR) is 105 cm³/mol. The first-order valence-electron chi connectivity index (χ1n) is 9.15. The first-order chi connectivity index (χ1) is 13.1. The summed E-state index contributed by atoms with van der Waals surface area (Å²) in [7, 11) is 1.58. The molecular weight excluding hydrogens is 342 g/mol. The van der Waals surface area contributed by atoms with Gasteiger partial charge in [0.25, 0.3) is 11.8 Å². The summed E-state index contributed by atoms with van der Waals surface area (Å²) in [6.45, 7) is 3.00. The number of amides is 2. The van der Waals surface area contributed by atoms with Gasteiger partial charge in [-0.2, -0.15) is 0 Å². The van der Waals surface area contributed by atoms with Gasteiger partial charge in [0.05, 0.1) is 18.4 Å². The number of nitrogens with one attached hydrogen (secondary N) is 3. The van der Waals surface area contributed by atoms with Crippen LogP contribution < -0.4 is 20.7 Å². The average molecular weight is 367 g/mol. The molecule has 1 saturated heterocycles. The molecule has 2 aromatic carbocycles. The van der Waals surface area contributed by atoms with Crippen LogP contribution in [0.4, 0.5) is 5.69 Å². The van der Waals surface area contributed by atoms with Crippen molar-refractivity contribution >= 4 is 17.5 Å². The normalized spacial score (nSPS) is 19.2. The maximum absolute atomic E-state index is 12.7. The zero-order valence-corrected chi connectivity index (χ0v) is 15.6. The number of rotatable bonds is 5. The molecule has 0 spiro atoms. The highest BCUT2D eigenvalue weighted by molar-refractivity contribution is 6.09. The summed E-state index contributed by atoms with van der Waals surface area (Å²) in [6.07, 6.45) is 1.79. The molecule has 6 nitrogen and oxygen atoms in total. The van der Waals surface area contributed by atoms with E-state index in [1.165, 1.54) is 0 Å². The van der Waals surface area contributed by atoms with Gasteiger partial charge in [0.2, 0.25) is 0 Å². The highest BCUT2D eigenvalue weighted by atomic mass is 16.5. The highest BCUT2D eigenvalue weighted by Crippen LogP contribution is 2.19. The summed E-state index contributed by atoms with van der Waals surface area (Å²) in [5.41, 5.74) is 1.46. The molecule has 0 bridgehead atoms. The molecule has 3 rings (SSSR count). The third kappa shape index (κ3) is 4.86. The van der Waals surface area contributed by atoms with Crippen LogP contribution in [-0.4, -0.2) is 37.6 Å². The molecule has 2 atom stereocenters. The average Bonchev–Trinajstić information content (AvgIpc) is 2.68. The SMILES string of the molecule is COc1ccc(C(=O)Nc2ccccc2C(=O)NC2CCNC(C)C2)cc1. The molecule has 3 N–H and O–H groups in total. The fourth-order valence-corrected chi connectivity index (χ4v) is 3.25. The zero-order chi connectivity index (χ0) is 19.2. The van der Waals surface area contributed by atoms with Gasteiger partial charge < -0.3 is 20.7 Å². The number of hydrogen-bond acceptors (Lipinski definition) is 4. The maximum atomic E-state index is 12.7. The minimum Gasteiger partial charge on any atom is -0.497 e. The zero-order valence-electron chi connectivity index (χ0n) is 15.6. The molecule has 0 aliphatic carbocycles. The second-order valence-electron chi connectivity index (χ2n) is 6.78. The fraction of sp³-hybridized carbons (Fsp3) is 0.333. The minimum atomic E-state index is -0.270. The molecule has 142 valence electrons. The lowest BCUT2D eigenvalue weighted by Crippen LogP contribution is -2.46. The van der Waals surface area contributed by atoms with Crippen molar-refractivity contribution in [2.75, 3.05) is 19.0 Å². The monoisotopic (exact) mass is 367 g/mol. The summed E-state index contributed by atoms with van der Waals surface area (Å²) in [4.78, 5) is 25.3. The Morgan fingerprint density at radius 2 is 1.81 bits per heavy atom. The number of ether oxygens (including phenoxy) is 1. The molecule has 1 heterocycles. The molecule has 0 aromatic heterocycles. The first-order valence-corrected chi connectivity index (χ1v) is 9.15. The molecule has 2 amide bonds. The van der Waals surface area contributed by atoms with Gasteiger partial charge in [0, 0.05) is 17.6 Å². The summed E-state index contributed by atoms with van der Waals surface area (Å²) in [5.74, 6) is 0.246. The lowest BCUT2D eigenvalue weighted by Gasteiger charge is -2.28. The van der Waals surface area contributed by atoms with E-state index in [-0.39, 0.29) is 17.9 Å². The van der Waals surface area contributed by atoms with Crippen LogP contribution in [0.1, 0.15) is 40.5 Å². The van der Waals surface area contributed by atoms with Gasteiger partial charge in [0.1, 0.15) is 5.75 Å². The number of hydrogen-bond donors (Lipinski definition) is 3. The van der Waals surface area contributed by atoms with E-state index in [2.05, 4.69) is 22.9 Å². The van der Waals surface area contributed by atoms with Crippen molar-refractivity contribution in [1.82, 2.24) is 10.6 Å². The van der Waals surface area contributed by atoms with Crippen molar-refractivity contribution in [3.05, 3.63) is 59.7 Å². The first kappa shape index (κ1) is 18.9. The van der Waals surface area contributed by atoms with Crippen LogP contribution in [0.3, 0.4) is 0 Å². The third-order valence-corrected chi connectivity index (χ3v) is 4.73. The smallest absolute Gasteiger partial charge is 0.255 e. The lowest BCUT2D eigenvalue weighted by molar-refractivity contribution is 0.0926. The van der Waals surface area contributed by atoms with E-state index in [1.807, 2.05) is 0 Å². The molecule has 0 saturated carbocycles. The Morgan fingerprint density at radius 3 is 2.52 bits per heavy atom. The van der Waals surface area contributed by atoms with E-state index < -0.39 is 0 Å². The number of piperidine rings is 1. The molecule has 1 aliphatic heterocycles. The Hall–Kier alpha value is -2.86. The van der Waals surface area contributed by atoms with Crippen LogP contribution in [0.15, 0.2) is 48.5 Å². The summed E-state index contributed by atoms with van der Waals surface area (Å²) < 4.78 is 5.11. The van der Waals surface area contributed by atoms with Crippen LogP contribution in [0, 0.1) is 0 Å². The van der Waals surface area contributed by atoms with Gasteiger partial charge in [-0.1, -0.05) is 12.1 Å². The second-order valence-corrected chi connectivity index (χ2v) is 6.78. The summed E-state index contributed by atoms with van der Waals surface area (Å²) in [5, 5.41) is 9.30. The minimum absolute atomic E-state index is 0.138. The van der Waals surface area contributed by atoms with Crippen molar-refractivity contribution in [1.29, 1.82) is 0 Å². The van der Waals surface area contributed by atoms with Crippen LogP contribution in [-0.2, 0) is 0 Å². The molecule has 0 radical (unpaired) electrons. The van der Waals surface area contributed by atoms with Crippen LogP contribution in [0.2, 0.25) is 0 Å². The molecule has 1 fully saturated rings. The Kier molecular flexibility index (Phi) is 6.08. The van der Waals surface area contributed by atoms with E-state index in [1.54, 1.807) is 55.6 Å². The van der Waals surface area contributed by atoms with Crippen molar-refractivity contribution in [3.8, 4) is 5.75 Å². The highest BCUT2D eigenvalue weighted by Gasteiger charge is 2.22. The van der Waals surface area contributed by atoms with Gasteiger partial charge >= 0.3 is 0 Å². The number of methoxy groups -OCH3 is 1. The number of carbonyl (C=O) groups is 2. The molecular formula is C21H25N3O3. The topological polar surface area (TPSA) is 79.5 Å². The van der Waals surface area contributed by atoms with E-state index >= 15 is 0 Å². The van der Waals surface area contributed by atoms with E-state index in [9.17, 15) is 9.59 Å². The maximum Gasteiger partial charge on any atom is 0.255 e. The van der Waals surface area contributed by atoms with Crippen LogP contribution >= 0.6 is 0 Å². The largest absolute Gasteiger partial charge is 0.497 e. The van der Waals surface area contributed by atoms with Crippen LogP contribution in [0.5, 0.6) is 5.75 Å². The van der Waals surface area contributed by atoms with E-state index in [4.69, 9.17) is 4.74 Å². The molecule has 2 aromatic rings. The molecule has 6 heteroatoms. The Morgan fingerprint density at radius 1 is 1.07 bits per heavy atom. The Bertz CT molecular complexity index is 805. The number of carbonyl (C=O) groups excluding carboxylic acids is 2. The van der Waals surface area contributed by atoms with Gasteiger partial charge in [-0.05, 0) is 62.7 Å². The number of anilines is 1. The van der Waals surface area contributed by atoms with Gasteiger partial charge in [-0.25, -0.2) is 0 Å². The number of para-hydroxylation sites is 1. The predicted octanol–water partition coefficient (Wildman–Crippen LogP) is 2.82. The van der Waals surface area contributed by atoms with Crippen molar-refractivity contribution in [3.63, 3.8) is 0 Å². The standard InChI is InChI=1S/C21H25N3O3/c1-14-13-16(11-12-22-14)23-21(26)18-5-3-4-6-19(18)24-20(25)15-7-9-17(27-2)10-8-15/h3-10,14,16,22H,11-13H2,1-2H3,(H,23,26)(H,24,25). The summed E-state index contributed by atoms with van der Waals surface area (Å²) >= 11 is 0. The third-order valence-electron chi connectivity index (χ3n) is 4.73. The fourth-order valence-electron chi connectivity index (χ4n) is 3.25. The van der Waals surface area contributed by atoms with Crippen LogP contribution in [0.25, 0.3) is 0 Å². The molecule has 1 aliphatic rings. The summed E-state index contributed by atoms with van der Waals surface area (Å²) in [6, 6.07) is 14.4. The van der Waals surface area contributed by atoms with Gasteiger partial charge in [-0.15, -0.1) is 0 Å². The van der Waals surface area contributed by atoms with Crippen molar-refractivity contribution < 1.29 is 14.3 Å². The molecule has 2 unspecified atom stereocenters. The van der Waals surface area contributed by atoms with Gasteiger partial charge in [-0.3, -0.25) is 9.59 Å². The van der Waals surface area contributed by atoms with E-state index in [0.29, 0.717) is 28.6 Å².